The van der Waals surface area contributed by atoms with Crippen molar-refractivity contribution in [3.8, 4) is 5.75 Å². The Hall–Kier alpha value is -1.89. The first kappa shape index (κ1) is 19.4. The number of nitrogens with zero attached hydrogens (tertiary/aromatic N) is 1. The highest BCUT2D eigenvalue weighted by Gasteiger charge is 2.18. The van der Waals surface area contributed by atoms with Gasteiger partial charge in [-0.1, -0.05) is 42.5 Å². The molecule has 0 saturated carbocycles. The predicted octanol–water partition coefficient (Wildman–Crippen LogP) is 2.81. The number of rotatable bonds is 9. The van der Waals surface area contributed by atoms with E-state index in [1.807, 2.05) is 80.5 Å². The minimum absolute atomic E-state index is 0.0166. The fraction of sp³-hybridized carbons (Fsp3) is 0.368. The summed E-state index contributed by atoms with van der Waals surface area (Å²) in [6.45, 7) is 2.88. The molecular formula is C19H26N2O3S. The number of sulfonamides is 1. The monoisotopic (exact) mass is 362 g/mol. The van der Waals surface area contributed by atoms with Crippen LogP contribution in [0.3, 0.4) is 0 Å². The van der Waals surface area contributed by atoms with Crippen molar-refractivity contribution in [1.82, 2.24) is 9.62 Å². The van der Waals surface area contributed by atoms with Crippen molar-refractivity contribution in [2.45, 2.75) is 18.7 Å². The highest BCUT2D eigenvalue weighted by atomic mass is 32.2. The molecule has 0 aliphatic heterocycles. The van der Waals surface area contributed by atoms with Crippen LogP contribution in [0.5, 0.6) is 5.75 Å². The van der Waals surface area contributed by atoms with Gasteiger partial charge in [0.1, 0.15) is 5.75 Å². The third-order valence-corrected chi connectivity index (χ3v) is 5.22. The van der Waals surface area contributed by atoms with Crippen molar-refractivity contribution in [2.24, 2.45) is 0 Å². The Bertz CT molecular complexity index is 744. The first-order chi connectivity index (χ1) is 11.9. The first-order valence-corrected chi connectivity index (χ1v) is 9.97. The van der Waals surface area contributed by atoms with Crippen LogP contribution in [0.1, 0.15) is 24.1 Å². The fourth-order valence-corrected chi connectivity index (χ4v) is 3.75. The summed E-state index contributed by atoms with van der Waals surface area (Å²) >= 11 is 0. The number of ether oxygens (including phenoxy) is 1. The molecule has 2 rings (SSSR count). The number of likely N-dealkylation sites (N-methyl/N-ethyl adjacent to an activating group) is 1. The summed E-state index contributed by atoms with van der Waals surface area (Å²) < 4.78 is 32.9. The van der Waals surface area contributed by atoms with E-state index in [0.717, 1.165) is 16.9 Å². The SMILES string of the molecule is CCOc1ccc(C(CNS(=O)(=O)Cc2ccccc2)N(C)C)cc1. The van der Waals surface area contributed by atoms with E-state index < -0.39 is 10.0 Å². The van der Waals surface area contributed by atoms with E-state index in [4.69, 9.17) is 4.74 Å². The van der Waals surface area contributed by atoms with Crippen molar-refractivity contribution >= 4 is 10.0 Å². The maximum Gasteiger partial charge on any atom is 0.215 e. The number of hydrogen-bond donors (Lipinski definition) is 1. The van der Waals surface area contributed by atoms with Gasteiger partial charge in [-0.2, -0.15) is 0 Å². The van der Waals surface area contributed by atoms with Crippen molar-refractivity contribution in [2.75, 3.05) is 27.2 Å². The second-order valence-corrected chi connectivity index (χ2v) is 7.88. The largest absolute Gasteiger partial charge is 0.494 e. The van der Waals surface area contributed by atoms with Gasteiger partial charge in [-0.05, 0) is 44.3 Å². The molecule has 1 atom stereocenters. The van der Waals surface area contributed by atoms with Crippen LogP contribution in [0.25, 0.3) is 0 Å². The Morgan fingerprint density at radius 3 is 2.24 bits per heavy atom. The summed E-state index contributed by atoms with van der Waals surface area (Å²) in [5.41, 5.74) is 1.81. The molecule has 0 radical (unpaired) electrons. The molecule has 2 aromatic rings. The number of benzene rings is 2. The van der Waals surface area contributed by atoms with Crippen LogP contribution < -0.4 is 9.46 Å². The zero-order valence-corrected chi connectivity index (χ0v) is 15.8. The molecule has 0 bridgehead atoms. The molecule has 6 heteroatoms. The van der Waals surface area contributed by atoms with Gasteiger partial charge >= 0.3 is 0 Å². The Kier molecular flexibility index (Phi) is 6.99. The van der Waals surface area contributed by atoms with E-state index in [9.17, 15) is 8.42 Å². The smallest absolute Gasteiger partial charge is 0.215 e. The molecule has 0 spiro atoms. The molecule has 0 aromatic heterocycles. The number of nitrogens with one attached hydrogen (secondary N) is 1. The Morgan fingerprint density at radius 2 is 1.68 bits per heavy atom. The summed E-state index contributed by atoms with van der Waals surface area (Å²) in [6.07, 6.45) is 0. The second kappa shape index (κ2) is 8.99. The Labute approximate surface area is 150 Å². The molecule has 136 valence electrons. The fourth-order valence-electron chi connectivity index (χ4n) is 2.60. The minimum atomic E-state index is -3.39. The van der Waals surface area contributed by atoms with E-state index in [-0.39, 0.29) is 11.8 Å². The molecule has 0 heterocycles. The van der Waals surface area contributed by atoms with Gasteiger partial charge in [0.25, 0.3) is 0 Å². The van der Waals surface area contributed by atoms with Crippen LogP contribution in [-0.4, -0.2) is 40.6 Å². The maximum absolute atomic E-state index is 12.3. The van der Waals surface area contributed by atoms with Gasteiger partial charge in [-0.3, -0.25) is 0 Å². The van der Waals surface area contributed by atoms with Gasteiger partial charge in [0.2, 0.25) is 10.0 Å². The number of hydrogen-bond acceptors (Lipinski definition) is 4. The predicted molar refractivity (Wildman–Crippen MR) is 101 cm³/mol. The molecule has 2 aromatic carbocycles. The average molecular weight is 362 g/mol. The first-order valence-electron chi connectivity index (χ1n) is 8.31. The van der Waals surface area contributed by atoms with E-state index >= 15 is 0 Å². The standard InChI is InChI=1S/C19H26N2O3S/c1-4-24-18-12-10-17(11-13-18)19(21(2)3)14-20-25(22,23)15-16-8-6-5-7-9-16/h5-13,19-20H,4,14-15H2,1-3H3. The lowest BCUT2D eigenvalue weighted by atomic mass is 10.1. The normalized spacial score (nSPS) is 13.0. The summed E-state index contributed by atoms with van der Waals surface area (Å²) in [7, 11) is 0.485. The second-order valence-electron chi connectivity index (χ2n) is 6.07. The van der Waals surface area contributed by atoms with E-state index in [1.165, 1.54) is 0 Å². The van der Waals surface area contributed by atoms with Crippen molar-refractivity contribution < 1.29 is 13.2 Å². The van der Waals surface area contributed by atoms with Gasteiger partial charge < -0.3 is 9.64 Å². The van der Waals surface area contributed by atoms with E-state index in [2.05, 4.69) is 4.72 Å². The van der Waals surface area contributed by atoms with Gasteiger partial charge in [-0.15, -0.1) is 0 Å². The highest BCUT2D eigenvalue weighted by molar-refractivity contribution is 7.88. The molecule has 1 N–H and O–H groups in total. The molecule has 0 fully saturated rings. The molecule has 0 aliphatic rings. The van der Waals surface area contributed by atoms with E-state index in [1.54, 1.807) is 0 Å². The Balaban J connectivity index is 2.03. The molecule has 0 amide bonds. The van der Waals surface area contributed by atoms with Gasteiger partial charge in [-0.25, -0.2) is 13.1 Å². The van der Waals surface area contributed by atoms with Crippen LogP contribution in [0.2, 0.25) is 0 Å². The maximum atomic E-state index is 12.3. The lowest BCUT2D eigenvalue weighted by Gasteiger charge is -2.25. The van der Waals surface area contributed by atoms with Crippen LogP contribution >= 0.6 is 0 Å². The zero-order valence-electron chi connectivity index (χ0n) is 15.0. The molecule has 1 unspecified atom stereocenters. The van der Waals surface area contributed by atoms with Crippen LogP contribution in [0.15, 0.2) is 54.6 Å². The van der Waals surface area contributed by atoms with Crippen LogP contribution in [-0.2, 0) is 15.8 Å². The molecule has 25 heavy (non-hydrogen) atoms. The van der Waals surface area contributed by atoms with E-state index in [0.29, 0.717) is 13.2 Å². The summed E-state index contributed by atoms with van der Waals surface area (Å²) in [6, 6.07) is 16.9. The minimum Gasteiger partial charge on any atom is -0.494 e. The quantitative estimate of drug-likeness (QED) is 0.745. The summed E-state index contributed by atoms with van der Waals surface area (Å²) in [4.78, 5) is 2.00. The Morgan fingerprint density at radius 1 is 1.04 bits per heavy atom. The third kappa shape index (κ3) is 6.16. The summed E-state index contributed by atoms with van der Waals surface area (Å²) in [5.74, 6) is 0.797. The lowest BCUT2D eigenvalue weighted by molar-refractivity contribution is 0.298. The highest BCUT2D eigenvalue weighted by Crippen LogP contribution is 2.21. The molecule has 5 nitrogen and oxygen atoms in total. The van der Waals surface area contributed by atoms with Gasteiger partial charge in [0.15, 0.2) is 0 Å². The lowest BCUT2D eigenvalue weighted by Crippen LogP contribution is -2.35. The average Bonchev–Trinajstić information content (AvgIpc) is 2.57. The van der Waals surface area contributed by atoms with Crippen molar-refractivity contribution in [3.05, 3.63) is 65.7 Å². The third-order valence-electron chi connectivity index (χ3n) is 3.90. The van der Waals surface area contributed by atoms with Crippen LogP contribution in [0.4, 0.5) is 0 Å². The molecule has 0 aliphatic carbocycles. The van der Waals surface area contributed by atoms with Gasteiger partial charge in [0.05, 0.1) is 12.4 Å². The van der Waals surface area contributed by atoms with Gasteiger partial charge in [0, 0.05) is 12.6 Å². The van der Waals surface area contributed by atoms with Crippen molar-refractivity contribution in [3.63, 3.8) is 0 Å². The molecular weight excluding hydrogens is 336 g/mol. The molecule has 0 saturated heterocycles. The zero-order chi connectivity index (χ0) is 18.3. The van der Waals surface area contributed by atoms with Crippen molar-refractivity contribution in [1.29, 1.82) is 0 Å². The van der Waals surface area contributed by atoms with Crippen LogP contribution in [0, 0.1) is 0 Å². The topological polar surface area (TPSA) is 58.6 Å². The summed E-state index contributed by atoms with van der Waals surface area (Å²) in [5, 5.41) is 0.